The first-order valence-corrected chi connectivity index (χ1v) is 10.3. The standard InChI is InChI=1S/C21H30ClN3O4/c1-21(2,3)29-20(28)23-11-8-19(27)25-12-9-17(10-13-25)24-18(26)14-15-4-6-16(22)7-5-15/h4-7,17H,8-14H2,1-3H3,(H,23,28)(H,24,26). The first-order chi connectivity index (χ1) is 13.6. The van der Waals surface area contributed by atoms with Crippen LogP contribution in [0.25, 0.3) is 0 Å². The van der Waals surface area contributed by atoms with Gasteiger partial charge in [0.15, 0.2) is 0 Å². The summed E-state index contributed by atoms with van der Waals surface area (Å²) in [7, 11) is 0. The maximum atomic E-state index is 12.3. The van der Waals surface area contributed by atoms with Gasteiger partial charge in [0, 0.05) is 37.1 Å². The van der Waals surface area contributed by atoms with E-state index >= 15 is 0 Å². The molecule has 2 rings (SSSR count). The van der Waals surface area contributed by atoms with Gasteiger partial charge in [-0.1, -0.05) is 23.7 Å². The number of hydrogen-bond donors (Lipinski definition) is 2. The molecule has 0 unspecified atom stereocenters. The second-order valence-corrected chi connectivity index (χ2v) is 8.64. The average molecular weight is 424 g/mol. The zero-order valence-electron chi connectivity index (χ0n) is 17.3. The lowest BCUT2D eigenvalue weighted by atomic mass is 10.0. The zero-order chi connectivity index (χ0) is 21.4. The van der Waals surface area contributed by atoms with Crippen LogP contribution in [0.2, 0.25) is 5.02 Å². The van der Waals surface area contributed by atoms with Gasteiger partial charge in [-0.25, -0.2) is 4.79 Å². The van der Waals surface area contributed by atoms with Gasteiger partial charge in [0.25, 0.3) is 0 Å². The van der Waals surface area contributed by atoms with Crippen LogP contribution in [0, 0.1) is 0 Å². The molecule has 1 aromatic rings. The van der Waals surface area contributed by atoms with Gasteiger partial charge in [0.2, 0.25) is 11.8 Å². The van der Waals surface area contributed by atoms with E-state index < -0.39 is 11.7 Å². The van der Waals surface area contributed by atoms with E-state index in [0.29, 0.717) is 24.5 Å². The van der Waals surface area contributed by atoms with E-state index in [1.165, 1.54) is 0 Å². The van der Waals surface area contributed by atoms with E-state index in [2.05, 4.69) is 10.6 Å². The van der Waals surface area contributed by atoms with Crippen LogP contribution in [0.3, 0.4) is 0 Å². The van der Waals surface area contributed by atoms with Crippen molar-refractivity contribution in [1.82, 2.24) is 15.5 Å². The van der Waals surface area contributed by atoms with Crippen molar-refractivity contribution in [2.75, 3.05) is 19.6 Å². The molecule has 29 heavy (non-hydrogen) atoms. The third-order valence-electron chi connectivity index (χ3n) is 4.50. The fourth-order valence-corrected chi connectivity index (χ4v) is 3.21. The SMILES string of the molecule is CC(C)(C)OC(=O)NCCC(=O)N1CCC(NC(=O)Cc2ccc(Cl)cc2)CC1. The molecule has 160 valence electrons. The highest BCUT2D eigenvalue weighted by molar-refractivity contribution is 6.30. The summed E-state index contributed by atoms with van der Waals surface area (Å²) in [6.07, 6.45) is 1.46. The van der Waals surface area contributed by atoms with Crippen LogP contribution < -0.4 is 10.6 Å². The van der Waals surface area contributed by atoms with E-state index in [4.69, 9.17) is 16.3 Å². The van der Waals surface area contributed by atoms with E-state index in [0.717, 1.165) is 18.4 Å². The van der Waals surface area contributed by atoms with Crippen LogP contribution in [0.1, 0.15) is 45.6 Å². The first kappa shape index (κ1) is 23.0. The van der Waals surface area contributed by atoms with Crippen molar-refractivity contribution in [2.45, 2.75) is 58.1 Å². The summed E-state index contributed by atoms with van der Waals surface area (Å²) in [6, 6.07) is 7.29. The van der Waals surface area contributed by atoms with E-state index in [9.17, 15) is 14.4 Å². The Labute approximate surface area is 177 Å². The molecule has 0 saturated carbocycles. The van der Waals surface area contributed by atoms with Gasteiger partial charge < -0.3 is 20.3 Å². The summed E-state index contributed by atoms with van der Waals surface area (Å²) in [5, 5.41) is 6.28. The minimum atomic E-state index is -0.562. The lowest BCUT2D eigenvalue weighted by Gasteiger charge is -2.32. The number of halogens is 1. The highest BCUT2D eigenvalue weighted by Gasteiger charge is 2.24. The summed E-state index contributed by atoms with van der Waals surface area (Å²) in [6.45, 7) is 6.79. The van der Waals surface area contributed by atoms with Crippen LogP contribution >= 0.6 is 11.6 Å². The minimum absolute atomic E-state index is 0.00741. The maximum Gasteiger partial charge on any atom is 0.407 e. The quantitative estimate of drug-likeness (QED) is 0.736. The molecule has 2 N–H and O–H groups in total. The summed E-state index contributed by atoms with van der Waals surface area (Å²) in [5.74, 6) is -0.0364. The summed E-state index contributed by atoms with van der Waals surface area (Å²) >= 11 is 5.86. The van der Waals surface area contributed by atoms with E-state index in [1.54, 1.807) is 37.8 Å². The van der Waals surface area contributed by atoms with Gasteiger partial charge in [0.05, 0.1) is 6.42 Å². The fourth-order valence-electron chi connectivity index (χ4n) is 3.08. The molecule has 0 radical (unpaired) electrons. The molecule has 7 nitrogen and oxygen atoms in total. The predicted octanol–water partition coefficient (Wildman–Crippen LogP) is 2.90. The second-order valence-electron chi connectivity index (χ2n) is 8.20. The van der Waals surface area contributed by atoms with Crippen LogP contribution in [0.5, 0.6) is 0 Å². The number of carbonyl (C=O) groups excluding carboxylic acids is 3. The van der Waals surface area contributed by atoms with Gasteiger partial charge in [-0.05, 0) is 51.3 Å². The fraction of sp³-hybridized carbons (Fsp3) is 0.571. The van der Waals surface area contributed by atoms with Crippen molar-refractivity contribution >= 4 is 29.5 Å². The molecule has 1 fully saturated rings. The van der Waals surface area contributed by atoms with Crippen molar-refractivity contribution < 1.29 is 19.1 Å². The van der Waals surface area contributed by atoms with Crippen LogP contribution in [-0.2, 0) is 20.7 Å². The second kappa shape index (κ2) is 10.5. The van der Waals surface area contributed by atoms with Crippen molar-refractivity contribution in [2.24, 2.45) is 0 Å². The van der Waals surface area contributed by atoms with Crippen molar-refractivity contribution in [1.29, 1.82) is 0 Å². The molecule has 1 saturated heterocycles. The van der Waals surface area contributed by atoms with Gasteiger partial charge >= 0.3 is 6.09 Å². The maximum absolute atomic E-state index is 12.3. The van der Waals surface area contributed by atoms with Gasteiger partial charge in [-0.3, -0.25) is 9.59 Å². The molecule has 8 heteroatoms. The summed E-state index contributed by atoms with van der Waals surface area (Å²) < 4.78 is 5.14. The molecule has 0 spiro atoms. The highest BCUT2D eigenvalue weighted by atomic mass is 35.5. The van der Waals surface area contributed by atoms with Gasteiger partial charge in [0.1, 0.15) is 5.60 Å². The smallest absolute Gasteiger partial charge is 0.407 e. The Morgan fingerprint density at radius 3 is 2.34 bits per heavy atom. The van der Waals surface area contributed by atoms with Gasteiger partial charge in [-0.15, -0.1) is 0 Å². The zero-order valence-corrected chi connectivity index (χ0v) is 18.1. The van der Waals surface area contributed by atoms with Crippen LogP contribution in [0.15, 0.2) is 24.3 Å². The number of rotatable bonds is 6. The number of alkyl carbamates (subject to hydrolysis) is 1. The number of amides is 3. The molecular formula is C21H30ClN3O4. The van der Waals surface area contributed by atoms with Crippen LogP contribution in [0.4, 0.5) is 4.79 Å². The van der Waals surface area contributed by atoms with Crippen LogP contribution in [-0.4, -0.2) is 54.1 Å². The number of carbonyl (C=O) groups is 3. The lowest BCUT2D eigenvalue weighted by molar-refractivity contribution is -0.132. The van der Waals surface area contributed by atoms with Gasteiger partial charge in [-0.2, -0.15) is 0 Å². The number of nitrogens with zero attached hydrogens (tertiary/aromatic N) is 1. The number of benzene rings is 1. The molecule has 1 aliphatic heterocycles. The third kappa shape index (κ3) is 8.73. The molecule has 0 aliphatic carbocycles. The minimum Gasteiger partial charge on any atom is -0.444 e. The molecule has 1 aliphatic rings. The number of ether oxygens (including phenoxy) is 1. The average Bonchev–Trinajstić information content (AvgIpc) is 2.62. The number of nitrogens with one attached hydrogen (secondary N) is 2. The Balaban J connectivity index is 1.65. The molecule has 0 aromatic heterocycles. The van der Waals surface area contributed by atoms with E-state index in [-0.39, 0.29) is 30.8 Å². The first-order valence-electron chi connectivity index (χ1n) is 9.91. The Morgan fingerprint density at radius 1 is 1.14 bits per heavy atom. The number of hydrogen-bond acceptors (Lipinski definition) is 4. The predicted molar refractivity (Wildman–Crippen MR) is 112 cm³/mol. The third-order valence-corrected chi connectivity index (χ3v) is 4.75. The monoisotopic (exact) mass is 423 g/mol. The van der Waals surface area contributed by atoms with Crippen molar-refractivity contribution in [3.8, 4) is 0 Å². The van der Waals surface area contributed by atoms with Crippen molar-refractivity contribution in [3.63, 3.8) is 0 Å². The number of piperidine rings is 1. The molecule has 0 bridgehead atoms. The molecule has 1 aromatic carbocycles. The Hall–Kier alpha value is -2.28. The lowest BCUT2D eigenvalue weighted by Crippen LogP contribution is -2.47. The Kier molecular flexibility index (Phi) is 8.32. The topological polar surface area (TPSA) is 87.7 Å². The highest BCUT2D eigenvalue weighted by Crippen LogP contribution is 2.13. The number of likely N-dealkylation sites (tertiary alicyclic amines) is 1. The molecular weight excluding hydrogens is 394 g/mol. The normalized spacial score (nSPS) is 15.0. The molecule has 3 amide bonds. The summed E-state index contributed by atoms with van der Waals surface area (Å²) in [4.78, 5) is 37.9. The summed E-state index contributed by atoms with van der Waals surface area (Å²) in [5.41, 5.74) is 0.352. The largest absolute Gasteiger partial charge is 0.444 e. The molecule has 1 heterocycles. The van der Waals surface area contributed by atoms with E-state index in [1.807, 2.05) is 12.1 Å². The molecule has 0 atom stereocenters. The van der Waals surface area contributed by atoms with Crippen molar-refractivity contribution in [3.05, 3.63) is 34.9 Å². The Bertz CT molecular complexity index is 708. The Morgan fingerprint density at radius 2 is 1.76 bits per heavy atom.